The lowest BCUT2D eigenvalue weighted by Gasteiger charge is -2.13. The number of carbonyl (C=O) groups is 2. The Morgan fingerprint density at radius 3 is 2.29 bits per heavy atom. The van der Waals surface area contributed by atoms with Crippen LogP contribution in [-0.4, -0.2) is 43.9 Å². The number of benzene rings is 2. The molecule has 6 heteroatoms. The number of nitrogens with zero attached hydrogens (tertiary/aromatic N) is 1. The van der Waals surface area contributed by atoms with Crippen molar-refractivity contribution in [2.24, 2.45) is 0 Å². The van der Waals surface area contributed by atoms with Gasteiger partial charge in [0, 0.05) is 17.1 Å². The zero-order chi connectivity index (χ0) is 20.5. The summed E-state index contributed by atoms with van der Waals surface area (Å²) in [7, 11) is 3.96. The van der Waals surface area contributed by atoms with Crippen LogP contribution < -0.4 is 10.6 Å². The van der Waals surface area contributed by atoms with E-state index in [9.17, 15) is 9.59 Å². The van der Waals surface area contributed by atoms with Gasteiger partial charge in [-0.25, -0.2) is 0 Å². The van der Waals surface area contributed by atoms with Gasteiger partial charge in [0.2, 0.25) is 0 Å². The van der Waals surface area contributed by atoms with Crippen LogP contribution in [0, 0.1) is 6.92 Å². The van der Waals surface area contributed by atoms with Crippen molar-refractivity contribution in [3.63, 3.8) is 0 Å². The van der Waals surface area contributed by atoms with E-state index in [1.54, 1.807) is 42.5 Å². The van der Waals surface area contributed by atoms with Gasteiger partial charge in [0.1, 0.15) is 5.70 Å². The third-order valence-electron chi connectivity index (χ3n) is 4.06. The number of halogens is 1. The smallest absolute Gasteiger partial charge is 0.267 e. The number of hydrogen-bond acceptors (Lipinski definition) is 3. The van der Waals surface area contributed by atoms with Crippen LogP contribution in [0.3, 0.4) is 0 Å². The molecule has 148 valence electrons. The van der Waals surface area contributed by atoms with E-state index < -0.39 is 0 Å². The molecular formula is C22H26ClN3O2. The maximum atomic E-state index is 12.6. The summed E-state index contributed by atoms with van der Waals surface area (Å²) in [6.07, 6.45) is 2.46. The highest BCUT2D eigenvalue weighted by Gasteiger charge is 2.14. The Bertz CT molecular complexity index is 828. The second-order valence-corrected chi connectivity index (χ2v) is 7.28. The Morgan fingerprint density at radius 1 is 1.04 bits per heavy atom. The first-order valence-electron chi connectivity index (χ1n) is 9.13. The molecule has 0 saturated heterocycles. The van der Waals surface area contributed by atoms with Crippen LogP contribution in [0.4, 0.5) is 0 Å². The molecule has 2 aromatic carbocycles. The molecule has 2 amide bonds. The molecule has 0 aromatic heterocycles. The molecule has 0 radical (unpaired) electrons. The van der Waals surface area contributed by atoms with E-state index in [-0.39, 0.29) is 17.5 Å². The van der Waals surface area contributed by atoms with E-state index in [1.165, 1.54) is 0 Å². The minimum atomic E-state index is -0.330. The molecule has 0 aliphatic carbocycles. The van der Waals surface area contributed by atoms with Crippen molar-refractivity contribution in [3.05, 3.63) is 75.9 Å². The zero-order valence-electron chi connectivity index (χ0n) is 16.5. The van der Waals surface area contributed by atoms with Gasteiger partial charge < -0.3 is 15.5 Å². The second-order valence-electron chi connectivity index (χ2n) is 6.84. The van der Waals surface area contributed by atoms with E-state index in [0.717, 1.165) is 24.1 Å². The van der Waals surface area contributed by atoms with Crippen LogP contribution in [0.5, 0.6) is 0 Å². The van der Waals surface area contributed by atoms with Gasteiger partial charge >= 0.3 is 0 Å². The summed E-state index contributed by atoms with van der Waals surface area (Å²) in [5.41, 5.74) is 2.52. The topological polar surface area (TPSA) is 61.4 Å². The Labute approximate surface area is 171 Å². The monoisotopic (exact) mass is 399 g/mol. The van der Waals surface area contributed by atoms with Crippen LogP contribution >= 0.6 is 11.6 Å². The van der Waals surface area contributed by atoms with Gasteiger partial charge in [-0.2, -0.15) is 0 Å². The van der Waals surface area contributed by atoms with E-state index in [0.29, 0.717) is 17.1 Å². The molecule has 5 nitrogen and oxygen atoms in total. The maximum absolute atomic E-state index is 12.6. The van der Waals surface area contributed by atoms with Crippen molar-refractivity contribution in [1.29, 1.82) is 0 Å². The van der Waals surface area contributed by atoms with Crippen molar-refractivity contribution < 1.29 is 9.59 Å². The van der Waals surface area contributed by atoms with Crippen molar-refractivity contribution in [2.75, 3.05) is 27.2 Å². The molecule has 0 aliphatic rings. The largest absolute Gasteiger partial charge is 0.351 e. The van der Waals surface area contributed by atoms with Gasteiger partial charge in [-0.15, -0.1) is 0 Å². The molecule has 2 aromatic rings. The number of aryl methyl sites for hydroxylation is 1. The highest BCUT2D eigenvalue weighted by Crippen LogP contribution is 2.13. The van der Waals surface area contributed by atoms with Crippen molar-refractivity contribution in [3.8, 4) is 0 Å². The van der Waals surface area contributed by atoms with E-state index >= 15 is 0 Å². The molecule has 0 atom stereocenters. The number of hydrogen-bond donors (Lipinski definition) is 2. The molecule has 0 spiro atoms. The molecule has 2 N–H and O–H groups in total. The average molecular weight is 400 g/mol. The van der Waals surface area contributed by atoms with E-state index in [4.69, 9.17) is 11.6 Å². The number of carbonyl (C=O) groups excluding carboxylic acids is 2. The summed E-state index contributed by atoms with van der Waals surface area (Å²) in [6, 6.07) is 14.2. The van der Waals surface area contributed by atoms with E-state index in [1.807, 2.05) is 33.2 Å². The number of rotatable bonds is 8. The Morgan fingerprint density at radius 2 is 1.68 bits per heavy atom. The van der Waals surface area contributed by atoms with Gasteiger partial charge in [0.15, 0.2) is 0 Å². The maximum Gasteiger partial charge on any atom is 0.267 e. The van der Waals surface area contributed by atoms with Crippen molar-refractivity contribution >= 4 is 29.5 Å². The lowest BCUT2D eigenvalue weighted by Crippen LogP contribution is -2.36. The number of nitrogens with one attached hydrogen (secondary N) is 2. The molecule has 0 fully saturated rings. The lowest BCUT2D eigenvalue weighted by atomic mass is 10.1. The highest BCUT2D eigenvalue weighted by molar-refractivity contribution is 6.30. The second kappa shape index (κ2) is 10.6. The molecule has 0 bridgehead atoms. The predicted molar refractivity (Wildman–Crippen MR) is 114 cm³/mol. The van der Waals surface area contributed by atoms with Crippen LogP contribution in [0.25, 0.3) is 6.08 Å². The first kappa shape index (κ1) is 21.7. The highest BCUT2D eigenvalue weighted by atomic mass is 35.5. The van der Waals surface area contributed by atoms with Gasteiger partial charge in [-0.3, -0.25) is 9.59 Å². The summed E-state index contributed by atoms with van der Waals surface area (Å²) < 4.78 is 0. The fraction of sp³-hybridized carbons (Fsp3) is 0.273. The summed E-state index contributed by atoms with van der Waals surface area (Å²) >= 11 is 5.92. The molecule has 28 heavy (non-hydrogen) atoms. The normalized spacial score (nSPS) is 11.4. The minimum absolute atomic E-state index is 0.192. The summed E-state index contributed by atoms with van der Waals surface area (Å²) in [6.45, 7) is 3.34. The third kappa shape index (κ3) is 7.18. The summed E-state index contributed by atoms with van der Waals surface area (Å²) in [5.74, 6) is -0.655. The van der Waals surface area contributed by atoms with Crippen LogP contribution in [-0.2, 0) is 4.79 Å². The van der Waals surface area contributed by atoms with Crippen LogP contribution in [0.2, 0.25) is 5.02 Å². The van der Waals surface area contributed by atoms with Gasteiger partial charge in [-0.1, -0.05) is 41.4 Å². The van der Waals surface area contributed by atoms with Gasteiger partial charge in [0.25, 0.3) is 11.8 Å². The average Bonchev–Trinajstić information content (AvgIpc) is 2.66. The Hall–Kier alpha value is -2.63. The molecule has 0 heterocycles. The van der Waals surface area contributed by atoms with Gasteiger partial charge in [-0.05, 0) is 69.9 Å². The molecular weight excluding hydrogens is 374 g/mol. The first-order valence-corrected chi connectivity index (χ1v) is 9.51. The number of amides is 2. The standard InChI is InChI=1S/C22H26ClN3O2/c1-16-5-9-18(10-6-16)21(27)25-20(15-17-7-11-19(23)12-8-17)22(28)24-13-4-14-26(2)3/h5-12,15H,4,13-14H2,1-3H3,(H,24,28)(H,25,27)/b20-15+. The van der Waals surface area contributed by atoms with Gasteiger partial charge in [0.05, 0.1) is 0 Å². The minimum Gasteiger partial charge on any atom is -0.351 e. The molecule has 0 saturated carbocycles. The predicted octanol–water partition coefficient (Wildman–Crippen LogP) is 3.49. The Balaban J connectivity index is 2.15. The summed E-state index contributed by atoms with van der Waals surface area (Å²) in [4.78, 5) is 27.3. The Kier molecular flexibility index (Phi) is 8.23. The first-order chi connectivity index (χ1) is 13.3. The zero-order valence-corrected chi connectivity index (χ0v) is 17.2. The van der Waals surface area contributed by atoms with Crippen LogP contribution in [0.1, 0.15) is 27.9 Å². The summed E-state index contributed by atoms with van der Waals surface area (Å²) in [5, 5.41) is 6.20. The van der Waals surface area contributed by atoms with E-state index in [2.05, 4.69) is 15.5 Å². The fourth-order valence-corrected chi connectivity index (χ4v) is 2.60. The molecule has 0 unspecified atom stereocenters. The van der Waals surface area contributed by atoms with Crippen LogP contribution in [0.15, 0.2) is 54.2 Å². The van der Waals surface area contributed by atoms with Crippen molar-refractivity contribution in [2.45, 2.75) is 13.3 Å². The SMILES string of the molecule is Cc1ccc(C(=O)N/C(=C/c2ccc(Cl)cc2)C(=O)NCCCN(C)C)cc1. The molecule has 2 rings (SSSR count). The lowest BCUT2D eigenvalue weighted by molar-refractivity contribution is -0.117. The molecule has 0 aliphatic heterocycles. The van der Waals surface area contributed by atoms with Crippen molar-refractivity contribution in [1.82, 2.24) is 15.5 Å². The fourth-order valence-electron chi connectivity index (χ4n) is 2.48. The third-order valence-corrected chi connectivity index (χ3v) is 4.31. The quantitative estimate of drug-likeness (QED) is 0.527.